The van der Waals surface area contributed by atoms with E-state index in [2.05, 4.69) is 31.2 Å². The van der Waals surface area contributed by atoms with Crippen LogP contribution in [0.15, 0.2) is 46.0 Å². The lowest BCUT2D eigenvalue weighted by Gasteiger charge is -2.26. The highest BCUT2D eigenvalue weighted by atomic mass is 79.9. The summed E-state index contributed by atoms with van der Waals surface area (Å²) in [6.07, 6.45) is 1.66. The molecule has 5 nitrogen and oxygen atoms in total. The number of nitrogens with one attached hydrogen (secondary N) is 1. The molecule has 1 aliphatic rings. The number of aliphatic imine (C=N–C) groups is 1. The maximum Gasteiger partial charge on any atom is 0.338 e. The largest absolute Gasteiger partial charge is 0.466 e. The number of methoxy groups -OCH3 is 1. The molecule has 0 radical (unpaired) electrons. The fourth-order valence-electron chi connectivity index (χ4n) is 2.45. The van der Waals surface area contributed by atoms with Crippen molar-refractivity contribution < 1.29 is 13.9 Å². The molecule has 0 aliphatic carbocycles. The molecular weight excluding hydrogens is 433 g/mol. The van der Waals surface area contributed by atoms with Crippen LogP contribution in [0.5, 0.6) is 0 Å². The first kappa shape index (κ1) is 18.0. The number of allylic oxidation sites excluding steroid dienone is 1. The Kier molecular flexibility index (Phi) is 5.51. The second-order valence-electron chi connectivity index (χ2n) is 5.03. The summed E-state index contributed by atoms with van der Waals surface area (Å²) >= 11 is 11.0. The van der Waals surface area contributed by atoms with Crippen LogP contribution in [0.3, 0.4) is 0 Å². The molecule has 1 aliphatic heterocycles. The van der Waals surface area contributed by atoms with Crippen LogP contribution in [0.25, 0.3) is 0 Å². The van der Waals surface area contributed by atoms with Gasteiger partial charge < -0.3 is 10.1 Å². The minimum atomic E-state index is -0.728. The number of rotatable bonds is 4. The van der Waals surface area contributed by atoms with Crippen LogP contribution >= 0.6 is 38.9 Å². The van der Waals surface area contributed by atoms with Gasteiger partial charge in [-0.3, -0.25) is 4.99 Å². The van der Waals surface area contributed by atoms with Gasteiger partial charge in [0.25, 0.3) is 0 Å². The number of alkyl halides is 1. The van der Waals surface area contributed by atoms with E-state index in [1.54, 1.807) is 6.20 Å². The minimum Gasteiger partial charge on any atom is -0.466 e. The SMILES string of the molecule is COC(=O)C1=C(CBr)NC(c2nccs2)=NC1c1ccc(F)cc1Cl. The zero-order chi connectivity index (χ0) is 18.0. The second kappa shape index (κ2) is 7.63. The van der Waals surface area contributed by atoms with E-state index < -0.39 is 17.8 Å². The third-order valence-electron chi connectivity index (χ3n) is 3.56. The third-order valence-corrected chi connectivity index (χ3v) is 5.22. The van der Waals surface area contributed by atoms with E-state index in [-0.39, 0.29) is 5.02 Å². The number of nitrogens with zero attached hydrogens (tertiary/aromatic N) is 2. The van der Waals surface area contributed by atoms with Crippen molar-refractivity contribution in [2.24, 2.45) is 4.99 Å². The molecule has 2 heterocycles. The lowest BCUT2D eigenvalue weighted by Crippen LogP contribution is -2.34. The van der Waals surface area contributed by atoms with Crippen LogP contribution in [0.4, 0.5) is 4.39 Å². The van der Waals surface area contributed by atoms with Crippen molar-refractivity contribution in [3.05, 3.63) is 62.5 Å². The van der Waals surface area contributed by atoms with Crippen molar-refractivity contribution >= 4 is 50.7 Å². The maximum absolute atomic E-state index is 13.4. The number of aromatic nitrogens is 1. The van der Waals surface area contributed by atoms with Gasteiger partial charge in [0.1, 0.15) is 11.9 Å². The standard InChI is InChI=1S/C16H12BrClFN3O2S/c1-24-16(23)12-11(7-17)21-14(15-20-4-5-25-15)22-13(12)9-3-2-8(19)6-10(9)18/h2-6,13H,7H2,1H3,(H,21,22). The lowest BCUT2D eigenvalue weighted by molar-refractivity contribution is -0.136. The number of ether oxygens (including phenoxy) is 1. The Bertz CT molecular complexity index is 870. The number of thiazole rings is 1. The number of carbonyl (C=O) groups excluding carboxylic acids is 1. The summed E-state index contributed by atoms with van der Waals surface area (Å²) in [6.45, 7) is 0. The van der Waals surface area contributed by atoms with Gasteiger partial charge in [-0.25, -0.2) is 14.2 Å². The number of hydrogen-bond donors (Lipinski definition) is 1. The van der Waals surface area contributed by atoms with Crippen LogP contribution in [0.1, 0.15) is 16.6 Å². The Hall–Kier alpha value is -1.77. The molecule has 1 N–H and O–H groups in total. The van der Waals surface area contributed by atoms with Gasteiger partial charge in [0.05, 0.1) is 12.7 Å². The van der Waals surface area contributed by atoms with Crippen molar-refractivity contribution in [2.45, 2.75) is 6.04 Å². The molecule has 1 aromatic heterocycles. The predicted octanol–water partition coefficient (Wildman–Crippen LogP) is 3.85. The molecule has 0 saturated heterocycles. The molecule has 0 saturated carbocycles. The van der Waals surface area contributed by atoms with Gasteiger partial charge in [0, 0.05) is 33.2 Å². The highest BCUT2D eigenvalue weighted by molar-refractivity contribution is 9.09. The van der Waals surface area contributed by atoms with Crippen LogP contribution in [-0.2, 0) is 9.53 Å². The molecule has 9 heteroatoms. The minimum absolute atomic E-state index is 0.185. The Balaban J connectivity index is 2.17. The molecular formula is C16H12BrClFN3O2S. The Morgan fingerprint density at radius 2 is 2.32 bits per heavy atom. The quantitative estimate of drug-likeness (QED) is 0.575. The average molecular weight is 445 g/mol. The fourth-order valence-corrected chi connectivity index (χ4v) is 3.75. The number of halogens is 3. The van der Waals surface area contributed by atoms with Gasteiger partial charge in [-0.05, 0) is 12.1 Å². The second-order valence-corrected chi connectivity index (χ2v) is 6.89. The van der Waals surface area contributed by atoms with Crippen LogP contribution in [0, 0.1) is 5.82 Å². The van der Waals surface area contributed by atoms with Crippen molar-refractivity contribution in [2.75, 3.05) is 12.4 Å². The van der Waals surface area contributed by atoms with E-state index in [1.165, 1.54) is 36.6 Å². The van der Waals surface area contributed by atoms with Crippen LogP contribution in [0.2, 0.25) is 5.02 Å². The maximum atomic E-state index is 13.4. The summed E-state index contributed by atoms with van der Waals surface area (Å²) < 4.78 is 18.3. The van der Waals surface area contributed by atoms with Crippen LogP contribution < -0.4 is 5.32 Å². The molecule has 130 valence electrons. The number of esters is 1. The van der Waals surface area contributed by atoms with Gasteiger partial charge in [-0.1, -0.05) is 33.6 Å². The van der Waals surface area contributed by atoms with Gasteiger partial charge >= 0.3 is 5.97 Å². The molecule has 0 bridgehead atoms. The number of hydrogen-bond acceptors (Lipinski definition) is 6. The Morgan fingerprint density at radius 1 is 1.52 bits per heavy atom. The third kappa shape index (κ3) is 3.61. The number of amidine groups is 1. The van der Waals surface area contributed by atoms with E-state index in [0.717, 1.165) is 0 Å². The van der Waals surface area contributed by atoms with Crippen molar-refractivity contribution in [1.82, 2.24) is 10.3 Å². The number of benzene rings is 1. The van der Waals surface area contributed by atoms with Crippen molar-refractivity contribution in [3.63, 3.8) is 0 Å². The molecule has 25 heavy (non-hydrogen) atoms. The number of carbonyl (C=O) groups is 1. The van der Waals surface area contributed by atoms with Crippen LogP contribution in [-0.4, -0.2) is 29.2 Å². The zero-order valence-electron chi connectivity index (χ0n) is 12.9. The van der Waals surface area contributed by atoms with E-state index >= 15 is 0 Å². The van der Waals surface area contributed by atoms with E-state index in [4.69, 9.17) is 16.3 Å². The lowest BCUT2D eigenvalue weighted by atomic mass is 9.96. The normalized spacial score (nSPS) is 17.1. The summed E-state index contributed by atoms with van der Waals surface area (Å²) in [5.41, 5.74) is 1.42. The van der Waals surface area contributed by atoms with E-state index in [9.17, 15) is 9.18 Å². The first-order valence-corrected chi connectivity index (χ1v) is 9.50. The molecule has 0 spiro atoms. The highest BCUT2D eigenvalue weighted by Crippen LogP contribution is 2.36. The van der Waals surface area contributed by atoms with E-state index in [1.807, 2.05) is 5.38 Å². The molecule has 1 atom stereocenters. The molecule has 3 rings (SSSR count). The fraction of sp³-hybridized carbons (Fsp3) is 0.188. The van der Waals surface area contributed by atoms with Crippen molar-refractivity contribution in [1.29, 1.82) is 0 Å². The summed E-state index contributed by atoms with van der Waals surface area (Å²) in [5.74, 6) is -0.479. The molecule has 0 fully saturated rings. The summed E-state index contributed by atoms with van der Waals surface area (Å²) in [5, 5.41) is 6.17. The first-order chi connectivity index (χ1) is 12.0. The molecule has 2 aromatic rings. The van der Waals surface area contributed by atoms with Gasteiger partial charge in [-0.15, -0.1) is 11.3 Å². The summed E-state index contributed by atoms with van der Waals surface area (Å²) in [7, 11) is 1.30. The first-order valence-electron chi connectivity index (χ1n) is 7.12. The Morgan fingerprint density at radius 3 is 2.92 bits per heavy atom. The van der Waals surface area contributed by atoms with Crippen molar-refractivity contribution in [3.8, 4) is 0 Å². The topological polar surface area (TPSA) is 63.6 Å². The summed E-state index contributed by atoms with van der Waals surface area (Å²) in [6, 6.07) is 3.27. The van der Waals surface area contributed by atoms with E-state index in [0.29, 0.717) is 33.0 Å². The zero-order valence-corrected chi connectivity index (χ0v) is 16.1. The highest BCUT2D eigenvalue weighted by Gasteiger charge is 2.33. The molecule has 1 unspecified atom stereocenters. The van der Waals surface area contributed by atoms with Gasteiger partial charge in [-0.2, -0.15) is 0 Å². The predicted molar refractivity (Wildman–Crippen MR) is 98.8 cm³/mol. The van der Waals surface area contributed by atoms with Gasteiger partial charge in [0.2, 0.25) is 0 Å². The van der Waals surface area contributed by atoms with Gasteiger partial charge in [0.15, 0.2) is 10.8 Å². The average Bonchev–Trinajstić information content (AvgIpc) is 3.14. The smallest absolute Gasteiger partial charge is 0.338 e. The molecule has 0 amide bonds. The summed E-state index contributed by atoms with van der Waals surface area (Å²) in [4.78, 5) is 21.2. The Labute approximate surface area is 160 Å². The molecule has 1 aromatic carbocycles. The monoisotopic (exact) mass is 443 g/mol.